The summed E-state index contributed by atoms with van der Waals surface area (Å²) in [4.78, 5) is 4.19. The predicted molar refractivity (Wildman–Crippen MR) is 85.6 cm³/mol. The van der Waals surface area contributed by atoms with Crippen molar-refractivity contribution in [1.29, 1.82) is 0 Å². The monoisotopic (exact) mass is 288 g/mol. The Hall–Kier alpha value is -0.820. The fourth-order valence-corrected chi connectivity index (χ4v) is 4.65. The number of rotatable bonds is 2. The van der Waals surface area contributed by atoms with E-state index in [0.29, 0.717) is 6.54 Å². The van der Waals surface area contributed by atoms with Gasteiger partial charge in [0.25, 0.3) is 0 Å². The Labute approximate surface area is 126 Å². The van der Waals surface area contributed by atoms with Crippen molar-refractivity contribution >= 4 is 11.3 Å². The van der Waals surface area contributed by atoms with Gasteiger partial charge in [-0.15, -0.1) is 11.3 Å². The fraction of sp³-hybridized carbons (Fsp3) is 0.647. The van der Waals surface area contributed by atoms with Crippen molar-refractivity contribution in [3.8, 4) is 11.8 Å². The molecule has 2 aliphatic rings. The van der Waals surface area contributed by atoms with Crippen molar-refractivity contribution in [2.45, 2.75) is 51.1 Å². The van der Waals surface area contributed by atoms with Crippen molar-refractivity contribution in [2.75, 3.05) is 13.1 Å². The van der Waals surface area contributed by atoms with Crippen LogP contribution in [-0.4, -0.2) is 24.0 Å². The highest BCUT2D eigenvalue weighted by atomic mass is 32.1. The van der Waals surface area contributed by atoms with Crippen LogP contribution in [0.25, 0.3) is 0 Å². The number of likely N-dealkylation sites (tertiary alicyclic amines) is 1. The molecule has 1 aliphatic heterocycles. The molecule has 108 valence electrons. The summed E-state index contributed by atoms with van der Waals surface area (Å²) in [6.07, 6.45) is 8.59. The third-order valence-corrected chi connectivity index (χ3v) is 5.63. The van der Waals surface area contributed by atoms with Gasteiger partial charge < -0.3 is 5.73 Å². The fourth-order valence-electron chi connectivity index (χ4n) is 3.81. The molecule has 1 aromatic heterocycles. The van der Waals surface area contributed by atoms with Gasteiger partial charge in [0, 0.05) is 28.4 Å². The van der Waals surface area contributed by atoms with Crippen LogP contribution in [0.1, 0.15) is 49.0 Å². The molecule has 2 fully saturated rings. The number of hydrogen-bond donors (Lipinski definition) is 1. The Bertz CT molecular complexity index is 495. The van der Waals surface area contributed by atoms with Gasteiger partial charge in [0.1, 0.15) is 0 Å². The summed E-state index contributed by atoms with van der Waals surface area (Å²) in [6, 6.07) is 3.10. The highest BCUT2D eigenvalue weighted by Crippen LogP contribution is 2.36. The standard InChI is InChI=1S/C17H24N2S/c18-9-3-5-14-11-16(20-13-14)12-19-10-4-7-15-6-1-2-8-17(15)19/h11,13,15,17H,1-2,4,6-10,12,18H2/t15-,17-/m1/s1. The molecule has 20 heavy (non-hydrogen) atoms. The number of nitrogens with zero attached hydrogens (tertiary/aromatic N) is 1. The molecule has 0 unspecified atom stereocenters. The Kier molecular flexibility index (Phi) is 4.77. The van der Waals surface area contributed by atoms with Crippen molar-refractivity contribution < 1.29 is 0 Å². The first-order chi connectivity index (χ1) is 9.86. The summed E-state index contributed by atoms with van der Waals surface area (Å²) in [5, 5.41) is 2.17. The summed E-state index contributed by atoms with van der Waals surface area (Å²) in [7, 11) is 0. The van der Waals surface area contributed by atoms with Crippen molar-refractivity contribution in [3.63, 3.8) is 0 Å². The molecule has 3 rings (SSSR count). The quantitative estimate of drug-likeness (QED) is 0.847. The van der Waals surface area contributed by atoms with E-state index >= 15 is 0 Å². The molecule has 0 bridgehead atoms. The first-order valence-electron chi connectivity index (χ1n) is 7.87. The largest absolute Gasteiger partial charge is 0.320 e. The van der Waals surface area contributed by atoms with Crippen molar-refractivity contribution in [1.82, 2.24) is 4.90 Å². The van der Waals surface area contributed by atoms with Gasteiger partial charge in [0.05, 0.1) is 6.54 Å². The third-order valence-electron chi connectivity index (χ3n) is 4.71. The maximum absolute atomic E-state index is 5.43. The average molecular weight is 288 g/mol. The Morgan fingerprint density at radius 3 is 3.00 bits per heavy atom. The molecular formula is C17H24N2S. The molecule has 1 saturated carbocycles. The van der Waals surface area contributed by atoms with Crippen LogP contribution in [0, 0.1) is 17.8 Å². The molecule has 0 radical (unpaired) electrons. The molecule has 2 N–H and O–H groups in total. The SMILES string of the molecule is NCC#Cc1csc(CN2CCC[C@H]3CCCC[C@H]32)c1. The molecule has 0 spiro atoms. The van der Waals surface area contributed by atoms with Crippen LogP contribution >= 0.6 is 11.3 Å². The van der Waals surface area contributed by atoms with E-state index in [2.05, 4.69) is 28.2 Å². The smallest absolute Gasteiger partial charge is 0.0555 e. The average Bonchev–Trinajstić information content (AvgIpc) is 2.93. The van der Waals surface area contributed by atoms with Gasteiger partial charge in [-0.3, -0.25) is 4.90 Å². The maximum Gasteiger partial charge on any atom is 0.0555 e. The summed E-state index contributed by atoms with van der Waals surface area (Å²) >= 11 is 1.85. The summed E-state index contributed by atoms with van der Waals surface area (Å²) in [6.45, 7) is 2.85. The molecule has 2 nitrogen and oxygen atoms in total. The van der Waals surface area contributed by atoms with Gasteiger partial charge in [0.2, 0.25) is 0 Å². The van der Waals surface area contributed by atoms with Gasteiger partial charge in [-0.25, -0.2) is 0 Å². The second-order valence-electron chi connectivity index (χ2n) is 6.03. The first kappa shape index (κ1) is 14.1. The Morgan fingerprint density at radius 2 is 2.10 bits per heavy atom. The van der Waals surface area contributed by atoms with E-state index in [-0.39, 0.29) is 0 Å². The topological polar surface area (TPSA) is 29.3 Å². The maximum atomic E-state index is 5.43. The highest BCUT2D eigenvalue weighted by molar-refractivity contribution is 7.10. The molecular weight excluding hydrogens is 264 g/mol. The van der Waals surface area contributed by atoms with E-state index in [1.807, 2.05) is 11.3 Å². The minimum atomic E-state index is 0.445. The molecule has 2 heterocycles. The van der Waals surface area contributed by atoms with Crippen LogP contribution in [0.3, 0.4) is 0 Å². The number of thiophene rings is 1. The molecule has 1 aliphatic carbocycles. The lowest BCUT2D eigenvalue weighted by atomic mass is 9.78. The van der Waals surface area contributed by atoms with Crippen LogP contribution in [0.4, 0.5) is 0 Å². The minimum absolute atomic E-state index is 0.445. The number of piperidine rings is 1. The van der Waals surface area contributed by atoms with Crippen molar-refractivity contribution in [2.24, 2.45) is 11.7 Å². The van der Waals surface area contributed by atoms with Crippen LogP contribution in [0.2, 0.25) is 0 Å². The molecule has 1 aromatic rings. The first-order valence-corrected chi connectivity index (χ1v) is 8.75. The number of nitrogens with two attached hydrogens (primary N) is 1. The van der Waals surface area contributed by atoms with Crippen LogP contribution in [-0.2, 0) is 6.54 Å². The van der Waals surface area contributed by atoms with E-state index < -0.39 is 0 Å². The number of fused-ring (bicyclic) bond motifs is 1. The van der Waals surface area contributed by atoms with Gasteiger partial charge in [0.15, 0.2) is 0 Å². The van der Waals surface area contributed by atoms with E-state index in [9.17, 15) is 0 Å². The van der Waals surface area contributed by atoms with Crippen LogP contribution in [0.5, 0.6) is 0 Å². The molecule has 2 atom stereocenters. The molecule has 3 heteroatoms. The zero-order valence-corrected chi connectivity index (χ0v) is 12.9. The van der Waals surface area contributed by atoms with Crippen LogP contribution in [0.15, 0.2) is 11.4 Å². The normalized spacial score (nSPS) is 26.6. The second kappa shape index (κ2) is 6.76. The highest BCUT2D eigenvalue weighted by Gasteiger charge is 2.33. The zero-order chi connectivity index (χ0) is 13.8. The third kappa shape index (κ3) is 3.25. The van der Waals surface area contributed by atoms with Crippen molar-refractivity contribution in [3.05, 3.63) is 21.9 Å². The minimum Gasteiger partial charge on any atom is -0.320 e. The zero-order valence-electron chi connectivity index (χ0n) is 12.1. The van der Waals surface area contributed by atoms with Gasteiger partial charge in [-0.05, 0) is 44.2 Å². The second-order valence-corrected chi connectivity index (χ2v) is 7.03. The molecule has 0 amide bonds. The summed E-state index contributed by atoms with van der Waals surface area (Å²) in [5.74, 6) is 7.04. The predicted octanol–water partition coefficient (Wildman–Crippen LogP) is 3.21. The van der Waals surface area contributed by atoms with Gasteiger partial charge >= 0.3 is 0 Å². The van der Waals surface area contributed by atoms with Crippen LogP contribution < -0.4 is 5.73 Å². The van der Waals surface area contributed by atoms with E-state index in [1.54, 1.807) is 0 Å². The molecule has 0 aromatic carbocycles. The van der Waals surface area contributed by atoms with E-state index in [0.717, 1.165) is 24.1 Å². The lowest BCUT2D eigenvalue weighted by Crippen LogP contribution is -2.46. The Balaban J connectivity index is 1.65. The lowest BCUT2D eigenvalue weighted by molar-refractivity contribution is 0.0555. The van der Waals surface area contributed by atoms with E-state index in [4.69, 9.17) is 5.73 Å². The van der Waals surface area contributed by atoms with E-state index in [1.165, 1.54) is 49.9 Å². The number of hydrogen-bond acceptors (Lipinski definition) is 3. The summed E-state index contributed by atoms with van der Waals surface area (Å²) < 4.78 is 0. The Morgan fingerprint density at radius 1 is 1.25 bits per heavy atom. The van der Waals surface area contributed by atoms with Gasteiger partial charge in [-0.1, -0.05) is 24.7 Å². The van der Waals surface area contributed by atoms with Gasteiger partial charge in [-0.2, -0.15) is 0 Å². The summed E-state index contributed by atoms with van der Waals surface area (Å²) in [5.41, 5.74) is 6.56. The molecule has 1 saturated heterocycles. The lowest BCUT2D eigenvalue weighted by Gasteiger charge is -2.44.